The molecule has 0 aromatic heterocycles. The highest BCUT2D eigenvalue weighted by atomic mass is 35.5. The zero-order chi connectivity index (χ0) is 10.0. The third-order valence-electron chi connectivity index (χ3n) is 3.35. The van der Waals surface area contributed by atoms with Crippen LogP contribution >= 0.6 is 11.6 Å². The SMILES string of the molecule is OCCC1(c2ccccc2Cl)CCC1. The van der Waals surface area contributed by atoms with Gasteiger partial charge in [0.25, 0.3) is 0 Å². The normalized spacial score (nSPS) is 19.0. The summed E-state index contributed by atoms with van der Waals surface area (Å²) in [5.41, 5.74) is 1.40. The van der Waals surface area contributed by atoms with E-state index in [-0.39, 0.29) is 12.0 Å². The zero-order valence-electron chi connectivity index (χ0n) is 8.17. The van der Waals surface area contributed by atoms with Gasteiger partial charge >= 0.3 is 0 Å². The van der Waals surface area contributed by atoms with Gasteiger partial charge in [0.15, 0.2) is 0 Å². The lowest BCUT2D eigenvalue weighted by atomic mass is 9.63. The first-order valence-electron chi connectivity index (χ1n) is 5.14. The van der Waals surface area contributed by atoms with Crippen LogP contribution in [0.1, 0.15) is 31.2 Å². The molecule has 0 atom stereocenters. The summed E-state index contributed by atoms with van der Waals surface area (Å²) in [6.45, 7) is 0.255. The van der Waals surface area contributed by atoms with Crippen molar-refractivity contribution in [2.45, 2.75) is 31.1 Å². The maximum atomic E-state index is 9.08. The van der Waals surface area contributed by atoms with E-state index in [0.717, 1.165) is 24.3 Å². The zero-order valence-corrected chi connectivity index (χ0v) is 8.93. The first kappa shape index (κ1) is 10.0. The van der Waals surface area contributed by atoms with Crippen LogP contribution in [0.2, 0.25) is 5.02 Å². The predicted octanol–water partition coefficient (Wildman–Crippen LogP) is 3.14. The average Bonchev–Trinajstić information content (AvgIpc) is 2.13. The predicted molar refractivity (Wildman–Crippen MR) is 58.7 cm³/mol. The Hall–Kier alpha value is -0.530. The highest BCUT2D eigenvalue weighted by molar-refractivity contribution is 6.31. The van der Waals surface area contributed by atoms with E-state index in [0.29, 0.717) is 0 Å². The van der Waals surface area contributed by atoms with Crippen molar-refractivity contribution in [3.63, 3.8) is 0 Å². The molecule has 0 aliphatic heterocycles. The molecule has 0 bridgehead atoms. The van der Waals surface area contributed by atoms with Crippen LogP contribution in [0.5, 0.6) is 0 Å². The number of benzene rings is 1. The van der Waals surface area contributed by atoms with Gasteiger partial charge in [0.05, 0.1) is 0 Å². The Bertz CT molecular complexity index is 318. The topological polar surface area (TPSA) is 20.2 Å². The van der Waals surface area contributed by atoms with Crippen molar-refractivity contribution in [1.29, 1.82) is 0 Å². The molecule has 2 heteroatoms. The van der Waals surface area contributed by atoms with Crippen LogP contribution in [-0.2, 0) is 5.41 Å². The van der Waals surface area contributed by atoms with E-state index in [9.17, 15) is 0 Å². The van der Waals surface area contributed by atoms with E-state index in [2.05, 4.69) is 6.07 Å². The largest absolute Gasteiger partial charge is 0.396 e. The lowest BCUT2D eigenvalue weighted by molar-refractivity contribution is 0.167. The minimum absolute atomic E-state index is 0.174. The van der Waals surface area contributed by atoms with Crippen molar-refractivity contribution in [2.24, 2.45) is 0 Å². The Balaban J connectivity index is 2.32. The van der Waals surface area contributed by atoms with Crippen LogP contribution in [0.25, 0.3) is 0 Å². The van der Waals surface area contributed by atoms with Gasteiger partial charge in [0, 0.05) is 11.6 Å². The van der Waals surface area contributed by atoms with E-state index in [1.165, 1.54) is 12.0 Å². The number of halogens is 1. The third-order valence-corrected chi connectivity index (χ3v) is 3.68. The van der Waals surface area contributed by atoms with Gasteiger partial charge in [0.1, 0.15) is 0 Å². The molecule has 1 nitrogen and oxygen atoms in total. The minimum atomic E-state index is 0.174. The second-order valence-corrected chi connectivity index (χ2v) is 4.49. The summed E-state index contributed by atoms with van der Waals surface area (Å²) in [5.74, 6) is 0. The molecular weight excluding hydrogens is 196 g/mol. The van der Waals surface area contributed by atoms with Crippen molar-refractivity contribution >= 4 is 11.6 Å². The smallest absolute Gasteiger partial charge is 0.0443 e. The van der Waals surface area contributed by atoms with Gasteiger partial charge < -0.3 is 5.11 Å². The van der Waals surface area contributed by atoms with E-state index in [1.807, 2.05) is 18.2 Å². The van der Waals surface area contributed by atoms with Crippen LogP contribution in [0, 0.1) is 0 Å². The fourth-order valence-corrected chi connectivity index (χ4v) is 2.70. The Morgan fingerprint density at radius 1 is 1.29 bits per heavy atom. The van der Waals surface area contributed by atoms with Crippen LogP contribution in [0.4, 0.5) is 0 Å². The van der Waals surface area contributed by atoms with Crippen LogP contribution < -0.4 is 0 Å². The average molecular weight is 211 g/mol. The summed E-state index contributed by atoms with van der Waals surface area (Å²) in [6, 6.07) is 8.02. The Morgan fingerprint density at radius 2 is 2.00 bits per heavy atom. The molecule has 2 rings (SSSR count). The van der Waals surface area contributed by atoms with Crippen LogP contribution in [0.3, 0.4) is 0 Å². The quantitative estimate of drug-likeness (QED) is 0.813. The summed E-state index contributed by atoms with van der Waals surface area (Å²) in [5, 5.41) is 9.92. The molecular formula is C12H15ClO. The molecule has 1 aliphatic carbocycles. The van der Waals surface area contributed by atoms with Crippen molar-refractivity contribution in [1.82, 2.24) is 0 Å². The molecule has 1 N–H and O–H groups in total. The maximum Gasteiger partial charge on any atom is 0.0443 e. The van der Waals surface area contributed by atoms with Crippen molar-refractivity contribution in [3.8, 4) is 0 Å². The number of rotatable bonds is 3. The van der Waals surface area contributed by atoms with Crippen molar-refractivity contribution < 1.29 is 5.11 Å². The number of aliphatic hydroxyl groups excluding tert-OH is 1. The first-order valence-corrected chi connectivity index (χ1v) is 5.52. The number of hydrogen-bond acceptors (Lipinski definition) is 1. The van der Waals surface area contributed by atoms with Gasteiger partial charge in [-0.1, -0.05) is 36.2 Å². The summed E-state index contributed by atoms with van der Waals surface area (Å²) in [6.07, 6.45) is 4.43. The molecule has 76 valence electrons. The Labute approximate surface area is 89.7 Å². The van der Waals surface area contributed by atoms with Gasteiger partial charge in [-0.3, -0.25) is 0 Å². The summed E-state index contributed by atoms with van der Waals surface area (Å²) in [7, 11) is 0. The molecule has 14 heavy (non-hydrogen) atoms. The van der Waals surface area contributed by atoms with E-state index >= 15 is 0 Å². The monoisotopic (exact) mass is 210 g/mol. The molecule has 0 saturated heterocycles. The summed E-state index contributed by atoms with van der Waals surface area (Å²) < 4.78 is 0. The second-order valence-electron chi connectivity index (χ2n) is 4.09. The molecule has 0 spiro atoms. The molecule has 1 saturated carbocycles. The van der Waals surface area contributed by atoms with Crippen LogP contribution in [0.15, 0.2) is 24.3 Å². The first-order chi connectivity index (χ1) is 6.78. The van der Waals surface area contributed by atoms with E-state index < -0.39 is 0 Å². The van der Waals surface area contributed by atoms with Crippen molar-refractivity contribution in [2.75, 3.05) is 6.61 Å². The fourth-order valence-electron chi connectivity index (χ4n) is 2.36. The fraction of sp³-hybridized carbons (Fsp3) is 0.500. The lowest BCUT2D eigenvalue weighted by Crippen LogP contribution is -2.35. The van der Waals surface area contributed by atoms with Crippen molar-refractivity contribution in [3.05, 3.63) is 34.9 Å². The van der Waals surface area contributed by atoms with E-state index in [1.54, 1.807) is 0 Å². The molecule has 1 aromatic carbocycles. The molecule has 0 radical (unpaired) electrons. The summed E-state index contributed by atoms with van der Waals surface area (Å²) >= 11 is 6.18. The van der Waals surface area contributed by atoms with Gasteiger partial charge in [-0.2, -0.15) is 0 Å². The van der Waals surface area contributed by atoms with Gasteiger partial charge in [-0.25, -0.2) is 0 Å². The van der Waals surface area contributed by atoms with E-state index in [4.69, 9.17) is 16.7 Å². The lowest BCUT2D eigenvalue weighted by Gasteiger charge is -2.42. The molecule has 1 fully saturated rings. The Kier molecular flexibility index (Phi) is 2.80. The Morgan fingerprint density at radius 3 is 2.50 bits per heavy atom. The molecule has 0 unspecified atom stereocenters. The standard InChI is InChI=1S/C12H15ClO/c13-11-5-2-1-4-10(11)12(8-9-14)6-3-7-12/h1-2,4-5,14H,3,6-9H2. The van der Waals surface area contributed by atoms with Gasteiger partial charge in [-0.05, 0) is 36.3 Å². The highest BCUT2D eigenvalue weighted by Crippen LogP contribution is 2.48. The molecule has 0 amide bonds. The minimum Gasteiger partial charge on any atom is -0.396 e. The van der Waals surface area contributed by atoms with Gasteiger partial charge in [-0.15, -0.1) is 0 Å². The number of hydrogen-bond donors (Lipinski definition) is 1. The number of aliphatic hydroxyl groups is 1. The molecule has 0 heterocycles. The highest BCUT2D eigenvalue weighted by Gasteiger charge is 2.39. The molecule has 1 aromatic rings. The summed E-state index contributed by atoms with van der Waals surface area (Å²) in [4.78, 5) is 0. The van der Waals surface area contributed by atoms with Gasteiger partial charge in [0.2, 0.25) is 0 Å². The van der Waals surface area contributed by atoms with Crippen LogP contribution in [-0.4, -0.2) is 11.7 Å². The molecule has 1 aliphatic rings. The maximum absolute atomic E-state index is 9.08. The third kappa shape index (κ3) is 1.55. The second kappa shape index (κ2) is 3.92.